The summed E-state index contributed by atoms with van der Waals surface area (Å²) in [4.78, 5) is 44.0. The van der Waals surface area contributed by atoms with Gasteiger partial charge >= 0.3 is 6.09 Å². The predicted molar refractivity (Wildman–Crippen MR) is 105 cm³/mol. The molecule has 0 N–H and O–H groups in total. The summed E-state index contributed by atoms with van der Waals surface area (Å²) < 4.78 is 4.98. The van der Waals surface area contributed by atoms with Crippen LogP contribution in [0.5, 0.6) is 0 Å². The normalized spacial score (nSPS) is 17.5. The highest BCUT2D eigenvalue weighted by Crippen LogP contribution is 2.16. The molecule has 2 aliphatic rings. The first-order valence-corrected chi connectivity index (χ1v) is 9.85. The van der Waals surface area contributed by atoms with Crippen LogP contribution in [0.15, 0.2) is 30.3 Å². The Morgan fingerprint density at radius 3 is 1.82 bits per heavy atom. The molecule has 2 heterocycles. The molecule has 0 atom stereocenters. The van der Waals surface area contributed by atoms with E-state index < -0.39 is 0 Å². The van der Waals surface area contributed by atoms with E-state index in [2.05, 4.69) is 17.0 Å². The second kappa shape index (κ2) is 9.43. The van der Waals surface area contributed by atoms with Gasteiger partial charge in [0.15, 0.2) is 0 Å². The molecule has 2 saturated heterocycles. The van der Waals surface area contributed by atoms with E-state index in [1.165, 1.54) is 0 Å². The number of carbonyl (C=O) groups excluding carboxylic acids is 3. The Kier molecular flexibility index (Phi) is 6.73. The molecule has 0 bridgehead atoms. The lowest BCUT2D eigenvalue weighted by atomic mass is 10.2. The minimum atomic E-state index is -0.345. The Bertz CT molecular complexity index is 681. The molecule has 8 nitrogen and oxygen atoms in total. The fraction of sp³-hybridized carbons (Fsp3) is 0.550. The van der Waals surface area contributed by atoms with Crippen LogP contribution in [0.4, 0.5) is 10.5 Å². The summed E-state index contributed by atoms with van der Waals surface area (Å²) in [5.74, 6) is -0.287. The Hall–Kier alpha value is -2.77. The van der Waals surface area contributed by atoms with Crippen LogP contribution in [0, 0.1) is 0 Å². The average Bonchev–Trinajstić information content (AvgIpc) is 2.74. The van der Waals surface area contributed by atoms with Gasteiger partial charge in [0, 0.05) is 58.0 Å². The lowest BCUT2D eigenvalue weighted by molar-refractivity contribution is -0.141. The number of amides is 3. The quantitative estimate of drug-likeness (QED) is 0.721. The number of hydrogen-bond donors (Lipinski definition) is 0. The monoisotopic (exact) mass is 388 g/mol. The highest BCUT2D eigenvalue weighted by atomic mass is 16.6. The Labute approximate surface area is 165 Å². The SMILES string of the molecule is CCOC(=O)N1CCN(C(=O)CC(=O)N2CCN(c3ccccc3)CC2)CC1. The van der Waals surface area contributed by atoms with Crippen molar-refractivity contribution in [1.82, 2.24) is 14.7 Å². The van der Waals surface area contributed by atoms with Crippen LogP contribution in [0.1, 0.15) is 13.3 Å². The summed E-state index contributed by atoms with van der Waals surface area (Å²) in [6.07, 6.45) is -0.452. The van der Waals surface area contributed by atoms with Gasteiger partial charge in [-0.15, -0.1) is 0 Å². The second-order valence-electron chi connectivity index (χ2n) is 6.95. The Morgan fingerprint density at radius 2 is 1.29 bits per heavy atom. The number of benzene rings is 1. The van der Waals surface area contributed by atoms with E-state index in [9.17, 15) is 14.4 Å². The van der Waals surface area contributed by atoms with E-state index in [1.807, 2.05) is 18.2 Å². The molecule has 2 fully saturated rings. The number of hydrogen-bond acceptors (Lipinski definition) is 5. The third-order valence-corrected chi connectivity index (χ3v) is 5.21. The molecule has 3 amide bonds. The lowest BCUT2D eigenvalue weighted by Gasteiger charge is -2.37. The summed E-state index contributed by atoms with van der Waals surface area (Å²) >= 11 is 0. The molecule has 0 spiro atoms. The van der Waals surface area contributed by atoms with Crippen molar-refractivity contribution >= 4 is 23.6 Å². The third kappa shape index (κ3) is 4.94. The average molecular weight is 388 g/mol. The third-order valence-electron chi connectivity index (χ3n) is 5.21. The standard InChI is InChI=1S/C20H28N4O4/c1-2-28-20(27)24-14-12-23(13-15-24)19(26)16-18(25)22-10-8-21(9-11-22)17-6-4-3-5-7-17/h3-7H,2,8-16H2,1H3. The number of para-hydroxylation sites is 1. The minimum Gasteiger partial charge on any atom is -0.450 e. The number of anilines is 1. The van der Waals surface area contributed by atoms with Crippen LogP contribution in [-0.2, 0) is 14.3 Å². The molecule has 1 aromatic carbocycles. The van der Waals surface area contributed by atoms with Gasteiger partial charge < -0.3 is 24.3 Å². The molecule has 1 aromatic rings. The summed E-state index contributed by atoms with van der Waals surface area (Å²) in [6, 6.07) is 10.1. The van der Waals surface area contributed by atoms with Gasteiger partial charge in [-0.1, -0.05) is 18.2 Å². The summed E-state index contributed by atoms with van der Waals surface area (Å²) in [7, 11) is 0. The molecule has 8 heteroatoms. The number of rotatable bonds is 4. The summed E-state index contributed by atoms with van der Waals surface area (Å²) in [6.45, 7) is 6.63. The van der Waals surface area contributed by atoms with Crippen molar-refractivity contribution in [3.05, 3.63) is 30.3 Å². The van der Waals surface area contributed by atoms with E-state index in [-0.39, 0.29) is 24.3 Å². The van der Waals surface area contributed by atoms with Crippen LogP contribution >= 0.6 is 0 Å². The first kappa shape index (κ1) is 20.0. The van der Waals surface area contributed by atoms with Gasteiger partial charge in [0.1, 0.15) is 6.42 Å². The van der Waals surface area contributed by atoms with Crippen molar-refractivity contribution in [3.8, 4) is 0 Å². The van der Waals surface area contributed by atoms with E-state index in [0.717, 1.165) is 18.8 Å². The van der Waals surface area contributed by atoms with E-state index in [0.29, 0.717) is 45.9 Å². The maximum Gasteiger partial charge on any atom is 0.409 e. The Balaban J connectivity index is 1.42. The zero-order valence-corrected chi connectivity index (χ0v) is 16.4. The van der Waals surface area contributed by atoms with Gasteiger partial charge in [0.25, 0.3) is 0 Å². The van der Waals surface area contributed by atoms with Crippen LogP contribution in [0.25, 0.3) is 0 Å². The van der Waals surface area contributed by atoms with E-state index >= 15 is 0 Å². The molecule has 2 aliphatic heterocycles. The molecule has 0 radical (unpaired) electrons. The zero-order valence-electron chi connectivity index (χ0n) is 16.4. The van der Waals surface area contributed by atoms with Gasteiger partial charge in [-0.25, -0.2) is 4.79 Å². The van der Waals surface area contributed by atoms with E-state index in [1.54, 1.807) is 21.6 Å². The van der Waals surface area contributed by atoms with Crippen LogP contribution in [-0.4, -0.2) is 91.6 Å². The second-order valence-corrected chi connectivity index (χ2v) is 6.95. The van der Waals surface area contributed by atoms with Crippen LogP contribution in [0.2, 0.25) is 0 Å². The number of piperazine rings is 2. The summed E-state index contributed by atoms with van der Waals surface area (Å²) in [5, 5.41) is 0. The molecular weight excluding hydrogens is 360 g/mol. The van der Waals surface area contributed by atoms with Crippen LogP contribution in [0.3, 0.4) is 0 Å². The van der Waals surface area contributed by atoms with Gasteiger partial charge in [-0.05, 0) is 19.1 Å². The molecule has 28 heavy (non-hydrogen) atoms. The molecule has 0 unspecified atom stereocenters. The van der Waals surface area contributed by atoms with Crippen molar-refractivity contribution < 1.29 is 19.1 Å². The largest absolute Gasteiger partial charge is 0.450 e. The minimum absolute atomic E-state index is 0.106. The van der Waals surface area contributed by atoms with Gasteiger partial charge in [-0.3, -0.25) is 9.59 Å². The van der Waals surface area contributed by atoms with E-state index in [4.69, 9.17) is 4.74 Å². The summed E-state index contributed by atoms with van der Waals surface area (Å²) in [5.41, 5.74) is 1.16. The highest BCUT2D eigenvalue weighted by Gasteiger charge is 2.28. The zero-order chi connectivity index (χ0) is 19.9. The highest BCUT2D eigenvalue weighted by molar-refractivity contribution is 5.97. The fourth-order valence-electron chi connectivity index (χ4n) is 3.56. The van der Waals surface area contributed by atoms with Gasteiger partial charge in [0.05, 0.1) is 6.61 Å². The van der Waals surface area contributed by atoms with Crippen molar-refractivity contribution in [2.24, 2.45) is 0 Å². The molecule has 3 rings (SSSR count). The number of nitrogens with zero attached hydrogens (tertiary/aromatic N) is 4. The lowest BCUT2D eigenvalue weighted by Crippen LogP contribution is -2.53. The number of carbonyl (C=O) groups is 3. The molecule has 0 aromatic heterocycles. The maximum absolute atomic E-state index is 12.5. The van der Waals surface area contributed by atoms with Crippen LogP contribution < -0.4 is 4.90 Å². The topological polar surface area (TPSA) is 73.4 Å². The maximum atomic E-state index is 12.5. The van der Waals surface area contributed by atoms with Crippen molar-refractivity contribution in [3.63, 3.8) is 0 Å². The number of ether oxygens (including phenoxy) is 1. The first-order valence-electron chi connectivity index (χ1n) is 9.85. The van der Waals surface area contributed by atoms with Crippen molar-refractivity contribution in [1.29, 1.82) is 0 Å². The molecule has 0 saturated carbocycles. The Morgan fingerprint density at radius 1 is 0.786 bits per heavy atom. The smallest absolute Gasteiger partial charge is 0.409 e. The van der Waals surface area contributed by atoms with Gasteiger partial charge in [-0.2, -0.15) is 0 Å². The fourth-order valence-corrected chi connectivity index (χ4v) is 3.56. The van der Waals surface area contributed by atoms with Crippen molar-refractivity contribution in [2.45, 2.75) is 13.3 Å². The molecule has 152 valence electrons. The first-order chi connectivity index (χ1) is 13.6. The predicted octanol–water partition coefficient (Wildman–Crippen LogP) is 1.03. The molecular formula is C20H28N4O4. The van der Waals surface area contributed by atoms with Gasteiger partial charge in [0.2, 0.25) is 11.8 Å². The molecule has 0 aliphatic carbocycles. The van der Waals surface area contributed by atoms with Crippen molar-refractivity contribution in [2.75, 3.05) is 63.9 Å².